The summed E-state index contributed by atoms with van der Waals surface area (Å²) in [5.74, 6) is 3.07. The summed E-state index contributed by atoms with van der Waals surface area (Å²) < 4.78 is 10.8. The Labute approximate surface area is 168 Å². The normalized spacial score (nSPS) is 10.8. The number of hydrogen-bond donors (Lipinski definition) is 0. The van der Waals surface area contributed by atoms with Gasteiger partial charge in [-0.05, 0) is 12.1 Å². The molecule has 0 saturated heterocycles. The van der Waals surface area contributed by atoms with Crippen molar-refractivity contribution in [1.82, 2.24) is 9.97 Å². The Kier molecular flexibility index (Phi) is 5.44. The number of benzene rings is 3. The van der Waals surface area contributed by atoms with E-state index in [0.717, 1.165) is 50.1 Å². The Hall–Kier alpha value is -3.05. The van der Waals surface area contributed by atoms with Gasteiger partial charge in [-0.15, -0.1) is 11.8 Å². The van der Waals surface area contributed by atoms with E-state index in [2.05, 4.69) is 6.07 Å². The van der Waals surface area contributed by atoms with Crippen LogP contribution in [0, 0.1) is 0 Å². The highest BCUT2D eigenvalue weighted by Gasteiger charge is 2.12. The second-order valence-corrected chi connectivity index (χ2v) is 7.17. The summed E-state index contributed by atoms with van der Waals surface area (Å²) >= 11 is 1.68. The van der Waals surface area contributed by atoms with Crippen LogP contribution in [0.25, 0.3) is 22.3 Å². The first-order chi connectivity index (χ1) is 13.8. The predicted octanol–water partition coefficient (Wildman–Crippen LogP) is 5.61. The van der Waals surface area contributed by atoms with Gasteiger partial charge >= 0.3 is 0 Å². The minimum atomic E-state index is 0.738. The minimum absolute atomic E-state index is 0.738. The molecular weight excluding hydrogens is 368 g/mol. The first kappa shape index (κ1) is 18.3. The van der Waals surface area contributed by atoms with Gasteiger partial charge in [-0.1, -0.05) is 54.6 Å². The Morgan fingerprint density at radius 2 is 1.61 bits per heavy atom. The molecule has 140 valence electrons. The third-order valence-corrected chi connectivity index (χ3v) is 5.50. The number of rotatable bonds is 6. The van der Waals surface area contributed by atoms with Crippen molar-refractivity contribution in [2.45, 2.75) is 10.8 Å². The van der Waals surface area contributed by atoms with E-state index in [4.69, 9.17) is 19.4 Å². The summed E-state index contributed by atoms with van der Waals surface area (Å²) in [4.78, 5) is 9.61. The van der Waals surface area contributed by atoms with Crippen LogP contribution in [0.2, 0.25) is 0 Å². The first-order valence-corrected chi connectivity index (χ1v) is 9.93. The van der Waals surface area contributed by atoms with Crippen LogP contribution >= 0.6 is 11.8 Å². The monoisotopic (exact) mass is 388 g/mol. The van der Waals surface area contributed by atoms with Crippen molar-refractivity contribution in [2.24, 2.45) is 0 Å². The van der Waals surface area contributed by atoms with Crippen LogP contribution in [-0.2, 0) is 5.75 Å². The van der Waals surface area contributed by atoms with Crippen molar-refractivity contribution >= 4 is 22.7 Å². The van der Waals surface area contributed by atoms with Crippen LogP contribution in [0.4, 0.5) is 0 Å². The maximum Gasteiger partial charge on any atom is 0.161 e. The summed E-state index contributed by atoms with van der Waals surface area (Å²) in [6, 6.07) is 24.1. The lowest BCUT2D eigenvalue weighted by Crippen LogP contribution is -1.95. The van der Waals surface area contributed by atoms with Crippen LogP contribution in [0.5, 0.6) is 11.5 Å². The highest BCUT2D eigenvalue weighted by Crippen LogP contribution is 2.34. The fourth-order valence-corrected chi connectivity index (χ4v) is 4.00. The van der Waals surface area contributed by atoms with Gasteiger partial charge in [0, 0.05) is 28.3 Å². The quantitative estimate of drug-likeness (QED) is 0.317. The number of nitrogens with zero attached hydrogens (tertiary/aromatic N) is 2. The topological polar surface area (TPSA) is 44.2 Å². The molecule has 0 radical (unpaired) electrons. The van der Waals surface area contributed by atoms with Crippen molar-refractivity contribution in [3.63, 3.8) is 0 Å². The van der Waals surface area contributed by atoms with Gasteiger partial charge in [0.15, 0.2) is 5.82 Å². The molecule has 4 nitrogen and oxygen atoms in total. The van der Waals surface area contributed by atoms with Crippen LogP contribution in [0.1, 0.15) is 5.56 Å². The zero-order chi connectivity index (χ0) is 19.3. The van der Waals surface area contributed by atoms with E-state index in [1.165, 1.54) is 0 Å². The number of ether oxygens (including phenoxy) is 2. The fourth-order valence-electron chi connectivity index (χ4n) is 2.99. The lowest BCUT2D eigenvalue weighted by molar-refractivity contribution is 0.392. The summed E-state index contributed by atoms with van der Waals surface area (Å²) in [5.41, 5.74) is 3.05. The molecule has 0 aliphatic rings. The van der Waals surface area contributed by atoms with E-state index >= 15 is 0 Å². The minimum Gasteiger partial charge on any atom is -0.497 e. The number of hydrogen-bond acceptors (Lipinski definition) is 5. The number of fused-ring (bicyclic) bond motifs is 1. The number of para-hydroxylation sites is 1. The molecule has 1 aromatic heterocycles. The van der Waals surface area contributed by atoms with Crippen molar-refractivity contribution in [2.75, 3.05) is 14.2 Å². The summed E-state index contributed by atoms with van der Waals surface area (Å²) in [6.07, 6.45) is 0. The van der Waals surface area contributed by atoms with Crippen molar-refractivity contribution < 1.29 is 9.47 Å². The fraction of sp³-hybridized carbons (Fsp3) is 0.130. The van der Waals surface area contributed by atoms with Gasteiger partial charge in [0.1, 0.15) is 16.5 Å². The average Bonchev–Trinajstić information content (AvgIpc) is 2.77. The van der Waals surface area contributed by atoms with Crippen molar-refractivity contribution in [3.05, 3.63) is 78.4 Å². The lowest BCUT2D eigenvalue weighted by Gasteiger charge is -2.12. The molecule has 0 fully saturated rings. The zero-order valence-electron chi connectivity index (χ0n) is 15.8. The lowest BCUT2D eigenvalue weighted by atomic mass is 10.2. The maximum atomic E-state index is 5.53. The van der Waals surface area contributed by atoms with Gasteiger partial charge in [-0.25, -0.2) is 9.97 Å². The van der Waals surface area contributed by atoms with Gasteiger partial charge in [-0.2, -0.15) is 0 Å². The molecule has 28 heavy (non-hydrogen) atoms. The van der Waals surface area contributed by atoms with Crippen molar-refractivity contribution in [1.29, 1.82) is 0 Å². The Morgan fingerprint density at radius 1 is 0.821 bits per heavy atom. The second-order valence-electron chi connectivity index (χ2n) is 6.20. The molecule has 0 saturated carbocycles. The summed E-state index contributed by atoms with van der Waals surface area (Å²) in [7, 11) is 3.33. The van der Waals surface area contributed by atoms with E-state index in [9.17, 15) is 0 Å². The van der Waals surface area contributed by atoms with Crippen LogP contribution in [-0.4, -0.2) is 24.2 Å². The Bertz CT molecular complexity index is 1100. The smallest absolute Gasteiger partial charge is 0.161 e. The molecule has 0 aliphatic heterocycles. The largest absolute Gasteiger partial charge is 0.497 e. The van der Waals surface area contributed by atoms with E-state index in [1.54, 1.807) is 26.0 Å². The molecule has 0 spiro atoms. The maximum absolute atomic E-state index is 5.53. The van der Waals surface area contributed by atoms with Crippen molar-refractivity contribution in [3.8, 4) is 22.9 Å². The predicted molar refractivity (Wildman–Crippen MR) is 114 cm³/mol. The van der Waals surface area contributed by atoms with Gasteiger partial charge in [0.05, 0.1) is 19.7 Å². The third kappa shape index (κ3) is 3.80. The third-order valence-electron chi connectivity index (χ3n) is 4.46. The molecule has 0 bridgehead atoms. The highest BCUT2D eigenvalue weighted by molar-refractivity contribution is 7.98. The van der Waals surface area contributed by atoms with Gasteiger partial charge in [-0.3, -0.25) is 0 Å². The molecule has 4 rings (SSSR count). The molecular formula is C23H20N2O2S. The molecule has 0 atom stereocenters. The summed E-state index contributed by atoms with van der Waals surface area (Å²) in [5, 5.41) is 2.02. The standard InChI is InChI=1S/C23H20N2O2S/c1-26-18-13-12-17(21(14-18)27-2)15-28-23-19-10-6-7-11-20(19)24-22(25-23)16-8-4-3-5-9-16/h3-14H,15H2,1-2H3. The average molecular weight is 388 g/mol. The van der Waals surface area contributed by atoms with Gasteiger partial charge in [0.2, 0.25) is 0 Å². The van der Waals surface area contributed by atoms with E-state index in [0.29, 0.717) is 0 Å². The van der Waals surface area contributed by atoms with Crippen LogP contribution in [0.15, 0.2) is 77.8 Å². The van der Waals surface area contributed by atoms with Crippen LogP contribution in [0.3, 0.4) is 0 Å². The van der Waals surface area contributed by atoms with E-state index < -0.39 is 0 Å². The zero-order valence-corrected chi connectivity index (χ0v) is 16.6. The molecule has 0 amide bonds. The highest BCUT2D eigenvalue weighted by atomic mass is 32.2. The van der Waals surface area contributed by atoms with E-state index in [1.807, 2.05) is 66.7 Å². The summed E-state index contributed by atoms with van der Waals surface area (Å²) in [6.45, 7) is 0. The van der Waals surface area contributed by atoms with Crippen LogP contribution < -0.4 is 9.47 Å². The SMILES string of the molecule is COc1ccc(CSc2nc(-c3ccccc3)nc3ccccc23)c(OC)c1. The molecule has 0 aliphatic carbocycles. The molecule has 5 heteroatoms. The molecule has 4 aromatic rings. The molecule has 0 N–H and O–H groups in total. The number of methoxy groups -OCH3 is 2. The second kappa shape index (κ2) is 8.31. The Morgan fingerprint density at radius 3 is 2.39 bits per heavy atom. The molecule has 3 aromatic carbocycles. The molecule has 0 unspecified atom stereocenters. The molecule has 1 heterocycles. The van der Waals surface area contributed by atoms with E-state index in [-0.39, 0.29) is 0 Å². The Balaban J connectivity index is 1.70. The first-order valence-electron chi connectivity index (χ1n) is 8.94. The number of aromatic nitrogens is 2. The van der Waals surface area contributed by atoms with Gasteiger partial charge in [0.25, 0.3) is 0 Å². The van der Waals surface area contributed by atoms with Gasteiger partial charge < -0.3 is 9.47 Å². The number of thioether (sulfide) groups is 1.